The van der Waals surface area contributed by atoms with E-state index in [0.717, 1.165) is 35.9 Å². The molecule has 4 heterocycles. The standard InChI is InChI=1S/C26H23N7O/c34-26-22-23-25(31-21-9-5-4-8-20(21)30-23)33(29-16-19-10-13-27-14-11-19)24(22)28-17-32(26)15-12-18-6-2-1-3-7-18/h4-6,8-11,13-14,16-17H,1-3,7,12,15H2/b29-16+. The first kappa shape index (κ1) is 20.4. The Bertz CT molecular complexity index is 1630. The van der Waals surface area contributed by atoms with Crippen molar-refractivity contribution in [2.45, 2.75) is 38.6 Å². The van der Waals surface area contributed by atoms with Gasteiger partial charge in [0.15, 0.2) is 11.3 Å². The monoisotopic (exact) mass is 449 g/mol. The minimum absolute atomic E-state index is 0.117. The van der Waals surface area contributed by atoms with E-state index < -0.39 is 0 Å². The number of aryl methyl sites for hydroxylation is 1. The smallest absolute Gasteiger partial charge is 0.265 e. The van der Waals surface area contributed by atoms with E-state index in [-0.39, 0.29) is 5.56 Å². The largest absolute Gasteiger partial charge is 0.298 e. The van der Waals surface area contributed by atoms with E-state index in [2.05, 4.69) is 21.1 Å². The third kappa shape index (κ3) is 3.67. The molecule has 0 saturated heterocycles. The van der Waals surface area contributed by atoms with Crippen LogP contribution in [0.3, 0.4) is 0 Å². The molecule has 0 atom stereocenters. The lowest BCUT2D eigenvalue weighted by Crippen LogP contribution is -2.21. The predicted octanol–water partition coefficient (Wildman–Crippen LogP) is 4.46. The van der Waals surface area contributed by atoms with Crippen molar-refractivity contribution in [2.24, 2.45) is 5.10 Å². The van der Waals surface area contributed by atoms with Crippen LogP contribution < -0.4 is 5.56 Å². The second-order valence-electron chi connectivity index (χ2n) is 8.52. The number of hydrogen-bond acceptors (Lipinski definition) is 6. The molecule has 6 rings (SSSR count). The number of rotatable bonds is 5. The quantitative estimate of drug-likeness (QED) is 0.292. The van der Waals surface area contributed by atoms with Crippen LogP contribution >= 0.6 is 0 Å². The lowest BCUT2D eigenvalue weighted by molar-refractivity contribution is 0.610. The summed E-state index contributed by atoms with van der Waals surface area (Å²) in [5, 5.41) is 5.08. The highest BCUT2D eigenvalue weighted by Gasteiger charge is 2.20. The molecule has 0 unspecified atom stereocenters. The molecule has 0 spiro atoms. The van der Waals surface area contributed by atoms with Crippen LogP contribution in [0.25, 0.3) is 33.2 Å². The number of pyridine rings is 1. The van der Waals surface area contributed by atoms with Crippen molar-refractivity contribution in [1.29, 1.82) is 0 Å². The first-order valence-corrected chi connectivity index (χ1v) is 11.6. The number of benzene rings is 1. The molecule has 4 aromatic heterocycles. The van der Waals surface area contributed by atoms with Gasteiger partial charge in [-0.15, -0.1) is 0 Å². The van der Waals surface area contributed by atoms with Crippen molar-refractivity contribution in [3.8, 4) is 0 Å². The average molecular weight is 450 g/mol. The molecule has 0 bridgehead atoms. The second kappa shape index (κ2) is 8.62. The normalized spacial score (nSPS) is 14.4. The highest BCUT2D eigenvalue weighted by molar-refractivity contribution is 6.04. The van der Waals surface area contributed by atoms with E-state index in [4.69, 9.17) is 9.97 Å². The van der Waals surface area contributed by atoms with E-state index in [1.165, 1.54) is 18.4 Å². The van der Waals surface area contributed by atoms with E-state index in [9.17, 15) is 4.79 Å². The molecule has 0 fully saturated rings. The Hall–Kier alpha value is -4.20. The number of allylic oxidation sites excluding steroid dienone is 2. The van der Waals surface area contributed by atoms with Gasteiger partial charge in [0.05, 0.1) is 23.6 Å². The SMILES string of the molecule is O=c1c2c3nc4ccccc4nc3n(/N=C/c3ccncc3)c2ncn1CCC1=CCCCC1. The number of nitrogens with zero attached hydrogens (tertiary/aromatic N) is 7. The average Bonchev–Trinajstić information content (AvgIpc) is 3.20. The van der Waals surface area contributed by atoms with Gasteiger partial charge in [-0.3, -0.25) is 14.3 Å². The Balaban J connectivity index is 1.52. The maximum atomic E-state index is 13.6. The summed E-state index contributed by atoms with van der Waals surface area (Å²) in [5.41, 5.74) is 5.14. The van der Waals surface area contributed by atoms with Crippen LogP contribution in [-0.4, -0.2) is 35.4 Å². The van der Waals surface area contributed by atoms with Gasteiger partial charge in [0.25, 0.3) is 5.56 Å². The Morgan fingerprint density at radius 2 is 1.82 bits per heavy atom. The van der Waals surface area contributed by atoms with E-state index >= 15 is 0 Å². The molecule has 0 aliphatic heterocycles. The molecule has 34 heavy (non-hydrogen) atoms. The summed E-state index contributed by atoms with van der Waals surface area (Å²) in [6.45, 7) is 0.599. The summed E-state index contributed by atoms with van der Waals surface area (Å²) in [7, 11) is 0. The number of para-hydroxylation sites is 2. The van der Waals surface area contributed by atoms with Crippen LogP contribution in [0.1, 0.15) is 37.7 Å². The minimum atomic E-state index is -0.117. The molecule has 0 N–H and O–H groups in total. The van der Waals surface area contributed by atoms with Gasteiger partial charge in [-0.2, -0.15) is 9.78 Å². The van der Waals surface area contributed by atoms with Gasteiger partial charge in [-0.1, -0.05) is 23.8 Å². The molecule has 0 radical (unpaired) electrons. The topological polar surface area (TPSA) is 90.8 Å². The molecule has 8 nitrogen and oxygen atoms in total. The zero-order chi connectivity index (χ0) is 22.9. The third-order valence-corrected chi connectivity index (χ3v) is 6.30. The van der Waals surface area contributed by atoms with Gasteiger partial charge >= 0.3 is 0 Å². The van der Waals surface area contributed by atoms with Crippen LogP contribution in [0, 0.1) is 0 Å². The molecule has 1 aliphatic rings. The third-order valence-electron chi connectivity index (χ3n) is 6.30. The predicted molar refractivity (Wildman–Crippen MR) is 133 cm³/mol. The van der Waals surface area contributed by atoms with Crippen molar-refractivity contribution < 1.29 is 0 Å². The van der Waals surface area contributed by atoms with Crippen LogP contribution in [0.4, 0.5) is 0 Å². The summed E-state index contributed by atoms with van der Waals surface area (Å²) >= 11 is 0. The molecule has 5 aromatic rings. The molecular weight excluding hydrogens is 426 g/mol. The van der Waals surface area contributed by atoms with Crippen LogP contribution in [0.15, 0.2) is 76.7 Å². The Labute approximate surface area is 195 Å². The van der Waals surface area contributed by atoms with Gasteiger partial charge in [-0.25, -0.2) is 15.0 Å². The maximum Gasteiger partial charge on any atom is 0.265 e. The van der Waals surface area contributed by atoms with Gasteiger partial charge in [0.1, 0.15) is 10.9 Å². The van der Waals surface area contributed by atoms with E-state index in [1.54, 1.807) is 34.2 Å². The van der Waals surface area contributed by atoms with Crippen LogP contribution in [0.5, 0.6) is 0 Å². The fraction of sp³-hybridized carbons (Fsp3) is 0.231. The van der Waals surface area contributed by atoms with Crippen LogP contribution in [0.2, 0.25) is 0 Å². The lowest BCUT2D eigenvalue weighted by atomic mass is 9.97. The molecule has 8 heteroatoms. The van der Waals surface area contributed by atoms with Crippen molar-refractivity contribution in [1.82, 2.24) is 29.2 Å². The summed E-state index contributed by atoms with van der Waals surface area (Å²) in [6.07, 6.45) is 14.6. The highest BCUT2D eigenvalue weighted by Crippen LogP contribution is 2.25. The van der Waals surface area contributed by atoms with Crippen molar-refractivity contribution >= 4 is 39.4 Å². The molecular formula is C26H23N7O. The van der Waals surface area contributed by atoms with Gasteiger partial charge in [-0.05, 0) is 61.9 Å². The summed E-state index contributed by atoms with van der Waals surface area (Å²) in [5.74, 6) is 0. The Kier molecular flexibility index (Phi) is 5.18. The highest BCUT2D eigenvalue weighted by atomic mass is 16.1. The first-order valence-electron chi connectivity index (χ1n) is 11.6. The van der Waals surface area contributed by atoms with Gasteiger partial charge < -0.3 is 0 Å². The Morgan fingerprint density at radius 3 is 2.62 bits per heavy atom. The number of fused-ring (bicyclic) bond motifs is 4. The molecule has 1 aromatic carbocycles. The van der Waals surface area contributed by atoms with Gasteiger partial charge in [0.2, 0.25) is 0 Å². The van der Waals surface area contributed by atoms with Gasteiger partial charge in [0, 0.05) is 18.9 Å². The minimum Gasteiger partial charge on any atom is -0.298 e. The zero-order valence-electron chi connectivity index (χ0n) is 18.6. The van der Waals surface area contributed by atoms with Crippen molar-refractivity contribution in [3.05, 3.63) is 82.7 Å². The zero-order valence-corrected chi connectivity index (χ0v) is 18.6. The van der Waals surface area contributed by atoms with E-state index in [1.807, 2.05) is 36.4 Å². The fourth-order valence-corrected chi connectivity index (χ4v) is 4.49. The summed E-state index contributed by atoms with van der Waals surface area (Å²) in [4.78, 5) is 31.9. The number of hydrogen-bond donors (Lipinski definition) is 0. The molecule has 0 amide bonds. The molecule has 1 aliphatic carbocycles. The summed E-state index contributed by atoms with van der Waals surface area (Å²) in [6, 6.07) is 11.4. The summed E-state index contributed by atoms with van der Waals surface area (Å²) < 4.78 is 3.30. The van der Waals surface area contributed by atoms with E-state index in [0.29, 0.717) is 28.7 Å². The van der Waals surface area contributed by atoms with Crippen LogP contribution in [-0.2, 0) is 6.54 Å². The van der Waals surface area contributed by atoms with Crippen molar-refractivity contribution in [3.63, 3.8) is 0 Å². The molecule has 168 valence electrons. The molecule has 0 saturated carbocycles. The fourth-order valence-electron chi connectivity index (χ4n) is 4.49. The first-order chi connectivity index (χ1) is 16.8. The number of aromatic nitrogens is 6. The maximum absolute atomic E-state index is 13.6. The Morgan fingerprint density at radius 1 is 1.00 bits per heavy atom. The van der Waals surface area contributed by atoms with Crippen molar-refractivity contribution in [2.75, 3.05) is 0 Å². The second-order valence-corrected chi connectivity index (χ2v) is 8.52. The lowest BCUT2D eigenvalue weighted by Gasteiger charge is -2.13.